The van der Waals surface area contributed by atoms with Crippen molar-refractivity contribution in [3.63, 3.8) is 0 Å². The number of aliphatic imine (C=N–C) groups is 1. The highest BCUT2D eigenvalue weighted by molar-refractivity contribution is 14.0. The third-order valence-corrected chi connectivity index (χ3v) is 3.08. The summed E-state index contributed by atoms with van der Waals surface area (Å²) in [7, 11) is 1.93. The first-order chi connectivity index (χ1) is 11.1. The van der Waals surface area contributed by atoms with Gasteiger partial charge >= 0.3 is 0 Å². The number of nitrogens with zero attached hydrogens (tertiary/aromatic N) is 2. The molecule has 0 saturated carbocycles. The summed E-state index contributed by atoms with van der Waals surface area (Å²) >= 11 is 0. The Morgan fingerprint density at radius 2 is 2.21 bits per heavy atom. The highest BCUT2D eigenvalue weighted by atomic mass is 127. The number of rotatable bonds is 8. The third kappa shape index (κ3) is 8.85. The average molecular weight is 448 g/mol. The molecule has 5 nitrogen and oxygen atoms in total. The van der Waals surface area contributed by atoms with E-state index in [0.29, 0.717) is 11.6 Å². The van der Waals surface area contributed by atoms with Gasteiger partial charge in [0.25, 0.3) is 0 Å². The highest BCUT2D eigenvalue weighted by Gasteiger charge is 2.07. The van der Waals surface area contributed by atoms with E-state index in [9.17, 15) is 9.18 Å². The van der Waals surface area contributed by atoms with E-state index in [2.05, 4.69) is 22.2 Å². The molecule has 0 radical (unpaired) electrons. The molecule has 7 heteroatoms. The van der Waals surface area contributed by atoms with Gasteiger partial charge in [0.1, 0.15) is 12.4 Å². The smallest absolute Gasteiger partial charge is 0.246 e. The van der Waals surface area contributed by atoms with Gasteiger partial charge in [0.15, 0.2) is 5.96 Å². The van der Waals surface area contributed by atoms with Crippen molar-refractivity contribution in [2.45, 2.75) is 19.8 Å². The van der Waals surface area contributed by atoms with Crippen molar-refractivity contribution in [3.8, 4) is 0 Å². The number of allylic oxidation sites excluding steroid dienone is 1. The summed E-state index contributed by atoms with van der Waals surface area (Å²) in [6.07, 6.45) is 3.79. The maximum atomic E-state index is 13.1. The lowest BCUT2D eigenvalue weighted by atomic mass is 10.3. The van der Waals surface area contributed by atoms with E-state index >= 15 is 0 Å². The molecule has 0 fully saturated rings. The number of halogens is 2. The Hall–Kier alpha value is -1.64. The first-order valence-corrected chi connectivity index (χ1v) is 7.72. The fraction of sp³-hybridized carbons (Fsp3) is 0.412. The maximum absolute atomic E-state index is 13.1. The molecule has 1 amide bonds. The molecule has 0 aromatic heterocycles. The molecule has 0 spiro atoms. The molecule has 0 aliphatic carbocycles. The minimum absolute atomic E-state index is 0. The first-order valence-electron chi connectivity index (χ1n) is 7.72. The molecule has 0 heterocycles. The van der Waals surface area contributed by atoms with Crippen molar-refractivity contribution in [1.29, 1.82) is 0 Å². The van der Waals surface area contributed by atoms with E-state index in [1.165, 1.54) is 12.1 Å². The molecule has 0 aliphatic rings. The van der Waals surface area contributed by atoms with Crippen LogP contribution in [0, 0.1) is 5.82 Å². The molecule has 1 aromatic rings. The number of hydrogen-bond donors (Lipinski definition) is 2. The minimum atomic E-state index is -0.387. The van der Waals surface area contributed by atoms with Gasteiger partial charge in [-0.25, -0.2) is 9.38 Å². The van der Waals surface area contributed by atoms with E-state index in [1.807, 2.05) is 24.9 Å². The Bertz CT molecular complexity index is 551. The normalized spacial score (nSPS) is 10.5. The Kier molecular flexibility index (Phi) is 11.9. The molecule has 24 heavy (non-hydrogen) atoms. The largest absolute Gasteiger partial charge is 0.357 e. The van der Waals surface area contributed by atoms with Crippen LogP contribution in [0.2, 0.25) is 0 Å². The second kappa shape index (κ2) is 12.7. The summed E-state index contributed by atoms with van der Waals surface area (Å²) in [5.74, 6) is -0.00181. The minimum Gasteiger partial charge on any atom is -0.357 e. The Morgan fingerprint density at radius 1 is 1.46 bits per heavy atom. The summed E-state index contributed by atoms with van der Waals surface area (Å²) < 4.78 is 13.1. The summed E-state index contributed by atoms with van der Waals surface area (Å²) in [5.41, 5.74) is 0.425. The lowest BCUT2D eigenvalue weighted by Gasteiger charge is -2.21. The van der Waals surface area contributed by atoms with Crippen molar-refractivity contribution < 1.29 is 9.18 Å². The molecule has 2 N–H and O–H groups in total. The zero-order valence-electron chi connectivity index (χ0n) is 14.2. The van der Waals surface area contributed by atoms with Crippen LogP contribution in [0.15, 0.2) is 41.9 Å². The van der Waals surface area contributed by atoms with E-state index in [0.717, 1.165) is 25.9 Å². The predicted octanol–water partition coefficient (Wildman–Crippen LogP) is 3.25. The van der Waals surface area contributed by atoms with Crippen LogP contribution in [-0.2, 0) is 4.79 Å². The topological polar surface area (TPSA) is 56.7 Å². The molecule has 1 aromatic carbocycles. The quantitative estimate of drug-likeness (QED) is 0.211. The number of anilines is 1. The highest BCUT2D eigenvalue weighted by Crippen LogP contribution is 2.08. The van der Waals surface area contributed by atoms with E-state index in [4.69, 9.17) is 0 Å². The number of amides is 1. The van der Waals surface area contributed by atoms with E-state index in [-0.39, 0.29) is 42.2 Å². The first kappa shape index (κ1) is 22.4. The van der Waals surface area contributed by atoms with Gasteiger partial charge in [0.2, 0.25) is 5.91 Å². The van der Waals surface area contributed by atoms with Gasteiger partial charge in [-0.15, -0.1) is 30.6 Å². The van der Waals surface area contributed by atoms with Gasteiger partial charge in [-0.2, -0.15) is 0 Å². The second-order valence-corrected chi connectivity index (χ2v) is 5.08. The van der Waals surface area contributed by atoms with Crippen LogP contribution >= 0.6 is 24.0 Å². The van der Waals surface area contributed by atoms with E-state index in [1.54, 1.807) is 12.1 Å². The molecule has 0 atom stereocenters. The zero-order chi connectivity index (χ0) is 17.1. The number of carbonyl (C=O) groups is 1. The van der Waals surface area contributed by atoms with Gasteiger partial charge < -0.3 is 15.5 Å². The standard InChI is InChI=1S/C17H25FN4O.HI/c1-4-6-7-11-22(3)17(19-5-2)20-13-16(23)21-15-10-8-9-14(18)12-15;/h4,8-10,12H,1,5-7,11,13H2,2-3H3,(H,19,20)(H,21,23);1H. The molecular formula is C17H26FIN4O. The second-order valence-electron chi connectivity index (χ2n) is 5.08. The summed E-state index contributed by atoms with van der Waals surface area (Å²) in [6, 6.07) is 5.78. The van der Waals surface area contributed by atoms with Crippen LogP contribution in [0.1, 0.15) is 19.8 Å². The lowest BCUT2D eigenvalue weighted by molar-refractivity contribution is -0.114. The molecule has 1 rings (SSSR count). The molecule has 0 saturated heterocycles. The number of hydrogen-bond acceptors (Lipinski definition) is 2. The lowest BCUT2D eigenvalue weighted by Crippen LogP contribution is -2.40. The average Bonchev–Trinajstić information content (AvgIpc) is 2.51. The number of unbranched alkanes of at least 4 members (excludes halogenated alkanes) is 1. The van der Waals surface area contributed by atoms with Crippen molar-refractivity contribution in [1.82, 2.24) is 10.2 Å². The van der Waals surface area contributed by atoms with E-state index < -0.39 is 0 Å². The van der Waals surface area contributed by atoms with Gasteiger partial charge in [-0.3, -0.25) is 4.79 Å². The summed E-state index contributed by atoms with van der Waals surface area (Å²) in [6.45, 7) is 7.19. The summed E-state index contributed by atoms with van der Waals surface area (Å²) in [5, 5.41) is 5.77. The van der Waals surface area contributed by atoms with Crippen LogP contribution in [0.3, 0.4) is 0 Å². The maximum Gasteiger partial charge on any atom is 0.246 e. The fourth-order valence-corrected chi connectivity index (χ4v) is 1.96. The van der Waals surface area contributed by atoms with Crippen molar-refractivity contribution in [2.24, 2.45) is 4.99 Å². The Balaban J connectivity index is 0.00000529. The van der Waals surface area contributed by atoms with Crippen molar-refractivity contribution in [2.75, 3.05) is 32.0 Å². The third-order valence-electron chi connectivity index (χ3n) is 3.08. The molecular weight excluding hydrogens is 422 g/mol. The van der Waals surface area contributed by atoms with Crippen LogP contribution in [0.5, 0.6) is 0 Å². The summed E-state index contributed by atoms with van der Waals surface area (Å²) in [4.78, 5) is 18.2. The van der Waals surface area contributed by atoms with Crippen molar-refractivity contribution >= 4 is 41.5 Å². The van der Waals surface area contributed by atoms with Gasteiger partial charge in [0, 0.05) is 25.8 Å². The molecule has 0 aliphatic heterocycles. The molecule has 134 valence electrons. The predicted molar refractivity (Wildman–Crippen MR) is 108 cm³/mol. The van der Waals surface area contributed by atoms with Crippen LogP contribution < -0.4 is 10.6 Å². The van der Waals surface area contributed by atoms with Crippen LogP contribution in [0.4, 0.5) is 10.1 Å². The fourth-order valence-electron chi connectivity index (χ4n) is 1.96. The van der Waals surface area contributed by atoms with Gasteiger partial charge in [-0.1, -0.05) is 12.1 Å². The number of benzene rings is 1. The van der Waals surface area contributed by atoms with Crippen molar-refractivity contribution in [3.05, 3.63) is 42.7 Å². The number of carbonyl (C=O) groups excluding carboxylic acids is 1. The monoisotopic (exact) mass is 448 g/mol. The number of nitrogens with one attached hydrogen (secondary N) is 2. The van der Waals surface area contributed by atoms with Crippen LogP contribution in [-0.4, -0.2) is 43.4 Å². The van der Waals surface area contributed by atoms with Gasteiger partial charge in [-0.05, 0) is 38.0 Å². The zero-order valence-corrected chi connectivity index (χ0v) is 16.5. The Morgan fingerprint density at radius 3 is 2.83 bits per heavy atom. The van der Waals surface area contributed by atoms with Crippen LogP contribution in [0.25, 0.3) is 0 Å². The molecule has 0 bridgehead atoms. The Labute approximate surface area is 160 Å². The molecule has 0 unspecified atom stereocenters. The SMILES string of the molecule is C=CCCCN(C)C(=NCC(=O)Nc1cccc(F)c1)NCC.I. The number of guanidine groups is 1. The van der Waals surface area contributed by atoms with Gasteiger partial charge in [0.05, 0.1) is 0 Å².